The second kappa shape index (κ2) is 10.2. The van der Waals surface area contributed by atoms with Crippen molar-refractivity contribution in [2.45, 2.75) is 57.7 Å². The van der Waals surface area contributed by atoms with E-state index in [-0.39, 0.29) is 36.6 Å². The van der Waals surface area contributed by atoms with Gasteiger partial charge in [-0.2, -0.15) is 0 Å². The molecule has 2 amide bonds. The van der Waals surface area contributed by atoms with E-state index in [0.29, 0.717) is 11.3 Å². The van der Waals surface area contributed by atoms with Gasteiger partial charge in [0.2, 0.25) is 11.8 Å². The van der Waals surface area contributed by atoms with Gasteiger partial charge in [0.05, 0.1) is 13.5 Å². The van der Waals surface area contributed by atoms with Crippen LogP contribution in [0.5, 0.6) is 5.75 Å². The average Bonchev–Trinajstić information content (AvgIpc) is 3.26. The number of rotatable bonds is 8. The predicted molar refractivity (Wildman–Crippen MR) is 114 cm³/mol. The van der Waals surface area contributed by atoms with Crippen molar-refractivity contribution in [2.75, 3.05) is 7.11 Å². The highest BCUT2D eigenvalue weighted by Crippen LogP contribution is 2.20. The molecule has 3 rings (SSSR count). The Morgan fingerprint density at radius 3 is 2.50 bits per heavy atom. The van der Waals surface area contributed by atoms with E-state index in [9.17, 15) is 14.0 Å². The molecule has 1 aliphatic rings. The number of halogens is 1. The first-order valence-electron chi connectivity index (χ1n) is 10.4. The van der Waals surface area contributed by atoms with E-state index in [1.165, 1.54) is 12.1 Å². The molecule has 1 saturated carbocycles. The van der Waals surface area contributed by atoms with Gasteiger partial charge in [-0.3, -0.25) is 9.59 Å². The van der Waals surface area contributed by atoms with Crippen LogP contribution in [0.1, 0.15) is 43.7 Å². The van der Waals surface area contributed by atoms with Crippen LogP contribution in [0.4, 0.5) is 4.39 Å². The number of methoxy groups -OCH3 is 1. The Bertz CT molecular complexity index is 863. The fourth-order valence-electron chi connectivity index (χ4n) is 3.82. The smallest absolute Gasteiger partial charge is 0.242 e. The lowest BCUT2D eigenvalue weighted by atomic mass is 10.1. The lowest BCUT2D eigenvalue weighted by Crippen LogP contribution is -2.50. The molecule has 160 valence electrons. The Kier molecular flexibility index (Phi) is 7.44. The summed E-state index contributed by atoms with van der Waals surface area (Å²) in [6, 6.07) is 12.9. The van der Waals surface area contributed by atoms with Crippen molar-refractivity contribution in [3.63, 3.8) is 0 Å². The molecule has 1 fully saturated rings. The van der Waals surface area contributed by atoms with Gasteiger partial charge in [-0.05, 0) is 55.2 Å². The van der Waals surface area contributed by atoms with Crippen LogP contribution in [0.25, 0.3) is 0 Å². The molecule has 6 heteroatoms. The molecule has 30 heavy (non-hydrogen) atoms. The standard InChI is InChI=1S/C24H29FN2O3/c1-17(24(29)26-21-7-3-4-8-21)27(16-19-6-5-9-22(14-19)30-2)23(28)15-18-10-12-20(25)13-11-18/h5-6,9-14,17,21H,3-4,7-8,15-16H2,1-2H3,(H,26,29)/t17-/m1/s1. The summed E-state index contributed by atoms with van der Waals surface area (Å²) in [6.45, 7) is 2.05. The molecule has 0 spiro atoms. The van der Waals surface area contributed by atoms with Gasteiger partial charge in [-0.15, -0.1) is 0 Å². The summed E-state index contributed by atoms with van der Waals surface area (Å²) in [5.74, 6) is 0.0287. The third kappa shape index (κ3) is 5.81. The lowest BCUT2D eigenvalue weighted by Gasteiger charge is -2.30. The van der Waals surface area contributed by atoms with Crippen LogP contribution >= 0.6 is 0 Å². The Labute approximate surface area is 177 Å². The molecule has 1 atom stereocenters. The van der Waals surface area contributed by atoms with Crippen LogP contribution in [-0.2, 0) is 22.6 Å². The maximum absolute atomic E-state index is 13.2. The number of amides is 2. The van der Waals surface area contributed by atoms with Crippen molar-refractivity contribution in [3.05, 3.63) is 65.5 Å². The summed E-state index contributed by atoms with van der Waals surface area (Å²) in [7, 11) is 1.59. The molecule has 0 radical (unpaired) electrons. The van der Waals surface area contributed by atoms with Gasteiger partial charge < -0.3 is 15.0 Å². The highest BCUT2D eigenvalue weighted by atomic mass is 19.1. The number of benzene rings is 2. The SMILES string of the molecule is COc1cccc(CN(C(=O)Cc2ccc(F)cc2)[C@H](C)C(=O)NC2CCCC2)c1. The normalized spacial score (nSPS) is 14.9. The number of nitrogens with one attached hydrogen (secondary N) is 1. The molecular weight excluding hydrogens is 383 g/mol. The molecule has 0 unspecified atom stereocenters. The molecule has 0 aromatic heterocycles. The van der Waals surface area contributed by atoms with Crippen molar-refractivity contribution < 1.29 is 18.7 Å². The molecule has 2 aromatic carbocycles. The van der Waals surface area contributed by atoms with Crippen molar-refractivity contribution in [2.24, 2.45) is 0 Å². The van der Waals surface area contributed by atoms with E-state index < -0.39 is 6.04 Å². The minimum Gasteiger partial charge on any atom is -0.497 e. The number of nitrogens with zero attached hydrogens (tertiary/aromatic N) is 1. The van der Waals surface area contributed by atoms with Gasteiger partial charge in [0.25, 0.3) is 0 Å². The van der Waals surface area contributed by atoms with E-state index in [0.717, 1.165) is 31.2 Å². The van der Waals surface area contributed by atoms with Crippen LogP contribution in [-0.4, -0.2) is 35.9 Å². The lowest BCUT2D eigenvalue weighted by molar-refractivity contribution is -0.140. The zero-order valence-electron chi connectivity index (χ0n) is 17.6. The quantitative estimate of drug-likeness (QED) is 0.716. The van der Waals surface area contributed by atoms with Crippen molar-refractivity contribution in [1.82, 2.24) is 10.2 Å². The second-order valence-corrected chi connectivity index (χ2v) is 7.84. The number of hydrogen-bond donors (Lipinski definition) is 1. The van der Waals surface area contributed by atoms with Crippen LogP contribution in [0.2, 0.25) is 0 Å². The zero-order valence-corrected chi connectivity index (χ0v) is 17.6. The van der Waals surface area contributed by atoms with Crippen LogP contribution < -0.4 is 10.1 Å². The first kappa shape index (κ1) is 21.8. The van der Waals surface area contributed by atoms with E-state index in [2.05, 4.69) is 5.32 Å². The molecule has 0 bridgehead atoms. The fourth-order valence-corrected chi connectivity index (χ4v) is 3.82. The summed E-state index contributed by atoms with van der Waals surface area (Å²) in [6.07, 6.45) is 4.31. The Hall–Kier alpha value is -2.89. The molecule has 0 aliphatic heterocycles. The molecule has 0 saturated heterocycles. The maximum Gasteiger partial charge on any atom is 0.242 e. The minimum atomic E-state index is -0.621. The largest absolute Gasteiger partial charge is 0.497 e. The van der Waals surface area contributed by atoms with Gasteiger partial charge in [-0.25, -0.2) is 4.39 Å². The van der Waals surface area contributed by atoms with E-state index >= 15 is 0 Å². The highest BCUT2D eigenvalue weighted by Gasteiger charge is 2.28. The molecule has 2 aromatic rings. The summed E-state index contributed by atoms with van der Waals surface area (Å²) >= 11 is 0. The average molecular weight is 413 g/mol. The number of ether oxygens (including phenoxy) is 1. The topological polar surface area (TPSA) is 58.6 Å². The zero-order chi connectivity index (χ0) is 21.5. The van der Waals surface area contributed by atoms with Crippen LogP contribution in [0.3, 0.4) is 0 Å². The summed E-state index contributed by atoms with van der Waals surface area (Å²) < 4.78 is 18.5. The van der Waals surface area contributed by atoms with Gasteiger partial charge in [0.1, 0.15) is 17.6 Å². The van der Waals surface area contributed by atoms with Crippen molar-refractivity contribution in [3.8, 4) is 5.75 Å². The molecular formula is C24H29FN2O3. The Balaban J connectivity index is 1.77. The molecule has 0 heterocycles. The van der Waals surface area contributed by atoms with Gasteiger partial charge in [-0.1, -0.05) is 37.1 Å². The van der Waals surface area contributed by atoms with Crippen molar-refractivity contribution >= 4 is 11.8 Å². The van der Waals surface area contributed by atoms with Crippen LogP contribution in [0.15, 0.2) is 48.5 Å². The number of carbonyl (C=O) groups is 2. The monoisotopic (exact) mass is 412 g/mol. The van der Waals surface area contributed by atoms with Gasteiger partial charge >= 0.3 is 0 Å². The second-order valence-electron chi connectivity index (χ2n) is 7.84. The molecule has 1 aliphatic carbocycles. The maximum atomic E-state index is 13.2. The molecule has 1 N–H and O–H groups in total. The van der Waals surface area contributed by atoms with E-state index in [1.807, 2.05) is 24.3 Å². The fraction of sp³-hybridized carbons (Fsp3) is 0.417. The highest BCUT2D eigenvalue weighted by molar-refractivity contribution is 5.88. The number of carbonyl (C=O) groups excluding carboxylic acids is 2. The summed E-state index contributed by atoms with van der Waals surface area (Å²) in [5.41, 5.74) is 1.59. The Morgan fingerprint density at radius 2 is 1.83 bits per heavy atom. The number of hydrogen-bond acceptors (Lipinski definition) is 3. The third-order valence-electron chi connectivity index (χ3n) is 5.62. The van der Waals surface area contributed by atoms with Crippen molar-refractivity contribution in [1.29, 1.82) is 0 Å². The first-order chi connectivity index (χ1) is 14.5. The first-order valence-corrected chi connectivity index (χ1v) is 10.4. The third-order valence-corrected chi connectivity index (χ3v) is 5.62. The van der Waals surface area contributed by atoms with E-state index in [1.54, 1.807) is 31.1 Å². The van der Waals surface area contributed by atoms with Gasteiger partial charge in [0.15, 0.2) is 0 Å². The van der Waals surface area contributed by atoms with Crippen LogP contribution in [0, 0.1) is 5.82 Å². The Morgan fingerprint density at radius 1 is 1.13 bits per heavy atom. The van der Waals surface area contributed by atoms with E-state index in [4.69, 9.17) is 4.74 Å². The van der Waals surface area contributed by atoms with Gasteiger partial charge in [0, 0.05) is 12.6 Å². The predicted octanol–water partition coefficient (Wildman–Crippen LogP) is 3.85. The minimum absolute atomic E-state index is 0.102. The summed E-state index contributed by atoms with van der Waals surface area (Å²) in [5, 5.41) is 3.09. The summed E-state index contributed by atoms with van der Waals surface area (Å²) in [4.78, 5) is 27.6. The molecule has 5 nitrogen and oxygen atoms in total.